The van der Waals surface area contributed by atoms with E-state index >= 15 is 0 Å². The maximum atomic E-state index is 5.50. The summed E-state index contributed by atoms with van der Waals surface area (Å²) in [5.41, 5.74) is 0. The highest BCUT2D eigenvalue weighted by molar-refractivity contribution is 5.85. The van der Waals surface area contributed by atoms with Gasteiger partial charge in [-0.1, -0.05) is 0 Å². The summed E-state index contributed by atoms with van der Waals surface area (Å²) in [5, 5.41) is 0. The molecule has 4 aliphatic carbocycles. The van der Waals surface area contributed by atoms with Crippen molar-refractivity contribution in [2.24, 2.45) is 23.7 Å². The van der Waals surface area contributed by atoms with E-state index in [1.807, 2.05) is 0 Å². The molecule has 4 bridgehead atoms. The Labute approximate surface area is 110 Å². The van der Waals surface area contributed by atoms with Crippen LogP contribution in [0, 0.1) is 23.7 Å². The second-order valence-electron chi connectivity index (χ2n) is 6.57. The van der Waals surface area contributed by atoms with Gasteiger partial charge in [-0.3, -0.25) is 4.90 Å². The Hall–Kier alpha value is 0.210. The van der Waals surface area contributed by atoms with E-state index in [9.17, 15) is 0 Å². The zero-order valence-corrected chi connectivity index (χ0v) is 11.3. The van der Waals surface area contributed by atoms with E-state index in [0.717, 1.165) is 42.9 Å². The molecule has 1 aliphatic heterocycles. The number of hydrogen-bond acceptors (Lipinski definition) is 2. The van der Waals surface area contributed by atoms with Crippen molar-refractivity contribution in [1.29, 1.82) is 0 Å². The Morgan fingerprint density at radius 3 is 1.82 bits per heavy atom. The molecule has 0 N–H and O–H groups in total. The number of rotatable bonds is 1. The van der Waals surface area contributed by atoms with Gasteiger partial charge in [0.15, 0.2) is 0 Å². The lowest BCUT2D eigenvalue weighted by Gasteiger charge is -2.57. The highest BCUT2D eigenvalue weighted by Crippen LogP contribution is 2.55. The standard InChI is InChI=1S/C14H23NO.ClH/c1-3-16-4-2-15(1)14-12-6-10-5-11(8-12)9-13(14)7-10;/h10-14H,1-9H2;1H. The fourth-order valence-corrected chi connectivity index (χ4v) is 5.37. The lowest BCUT2D eigenvalue weighted by molar-refractivity contribution is -0.0913. The molecule has 4 saturated carbocycles. The third kappa shape index (κ3) is 2.02. The first-order chi connectivity index (χ1) is 7.90. The predicted molar refractivity (Wildman–Crippen MR) is 70.5 cm³/mol. The van der Waals surface area contributed by atoms with Crippen LogP contribution in [0.1, 0.15) is 32.1 Å². The van der Waals surface area contributed by atoms with E-state index in [2.05, 4.69) is 4.90 Å². The average Bonchev–Trinajstić information content (AvgIpc) is 2.29. The molecule has 0 aromatic rings. The van der Waals surface area contributed by atoms with Gasteiger partial charge in [-0.05, 0) is 55.8 Å². The Kier molecular flexibility index (Phi) is 3.40. The van der Waals surface area contributed by atoms with Gasteiger partial charge >= 0.3 is 0 Å². The molecule has 98 valence electrons. The van der Waals surface area contributed by atoms with Crippen molar-refractivity contribution in [3.8, 4) is 0 Å². The van der Waals surface area contributed by atoms with Crippen molar-refractivity contribution in [2.45, 2.75) is 38.1 Å². The van der Waals surface area contributed by atoms with Gasteiger partial charge in [0.05, 0.1) is 13.2 Å². The van der Waals surface area contributed by atoms with Gasteiger partial charge in [-0.2, -0.15) is 0 Å². The van der Waals surface area contributed by atoms with Crippen molar-refractivity contribution in [3.05, 3.63) is 0 Å². The summed E-state index contributed by atoms with van der Waals surface area (Å²) in [6, 6.07) is 0.941. The summed E-state index contributed by atoms with van der Waals surface area (Å²) >= 11 is 0. The average molecular weight is 258 g/mol. The molecule has 0 amide bonds. The molecule has 0 radical (unpaired) electrons. The van der Waals surface area contributed by atoms with Crippen LogP contribution in [0.3, 0.4) is 0 Å². The van der Waals surface area contributed by atoms with Crippen LogP contribution in [-0.4, -0.2) is 37.2 Å². The van der Waals surface area contributed by atoms with Gasteiger partial charge in [0.1, 0.15) is 0 Å². The second-order valence-corrected chi connectivity index (χ2v) is 6.57. The van der Waals surface area contributed by atoms with Gasteiger partial charge < -0.3 is 4.74 Å². The third-order valence-corrected chi connectivity index (χ3v) is 5.64. The third-order valence-electron chi connectivity index (χ3n) is 5.64. The lowest BCUT2D eigenvalue weighted by Crippen LogP contribution is -2.58. The number of nitrogens with zero attached hydrogens (tertiary/aromatic N) is 1. The lowest BCUT2D eigenvalue weighted by atomic mass is 9.54. The molecule has 5 rings (SSSR count). The zero-order valence-electron chi connectivity index (χ0n) is 10.5. The molecule has 17 heavy (non-hydrogen) atoms. The zero-order chi connectivity index (χ0) is 10.5. The maximum absolute atomic E-state index is 5.50. The van der Waals surface area contributed by atoms with E-state index in [1.54, 1.807) is 32.1 Å². The summed E-state index contributed by atoms with van der Waals surface area (Å²) in [5.74, 6) is 4.32. The first-order valence-electron chi connectivity index (χ1n) is 7.22. The Bertz CT molecular complexity index is 247. The monoisotopic (exact) mass is 257 g/mol. The highest BCUT2D eigenvalue weighted by Gasteiger charge is 2.49. The summed E-state index contributed by atoms with van der Waals surface area (Å²) in [6.07, 6.45) is 7.77. The number of halogens is 1. The minimum absolute atomic E-state index is 0. The Morgan fingerprint density at radius 1 is 0.765 bits per heavy atom. The van der Waals surface area contributed by atoms with E-state index in [0.29, 0.717) is 0 Å². The van der Waals surface area contributed by atoms with Crippen molar-refractivity contribution < 1.29 is 4.74 Å². The molecular weight excluding hydrogens is 234 g/mol. The van der Waals surface area contributed by atoms with E-state index < -0.39 is 0 Å². The first kappa shape index (κ1) is 12.3. The van der Waals surface area contributed by atoms with Gasteiger partial charge in [0, 0.05) is 19.1 Å². The molecule has 0 aromatic carbocycles. The van der Waals surface area contributed by atoms with Crippen molar-refractivity contribution >= 4 is 12.4 Å². The van der Waals surface area contributed by atoms with Crippen molar-refractivity contribution in [3.63, 3.8) is 0 Å². The largest absolute Gasteiger partial charge is 0.379 e. The highest BCUT2D eigenvalue weighted by atomic mass is 35.5. The molecule has 0 atom stereocenters. The molecule has 2 nitrogen and oxygen atoms in total. The van der Waals surface area contributed by atoms with E-state index in [4.69, 9.17) is 4.74 Å². The smallest absolute Gasteiger partial charge is 0.0594 e. The Balaban J connectivity index is 0.000000902. The van der Waals surface area contributed by atoms with Gasteiger partial charge in [-0.25, -0.2) is 0 Å². The van der Waals surface area contributed by atoms with Gasteiger partial charge in [0.25, 0.3) is 0 Å². The molecule has 0 spiro atoms. The first-order valence-corrected chi connectivity index (χ1v) is 7.22. The van der Waals surface area contributed by atoms with Crippen molar-refractivity contribution in [1.82, 2.24) is 4.90 Å². The molecule has 1 saturated heterocycles. The van der Waals surface area contributed by atoms with Crippen LogP contribution in [0.5, 0.6) is 0 Å². The topological polar surface area (TPSA) is 12.5 Å². The molecule has 0 unspecified atom stereocenters. The van der Waals surface area contributed by atoms with Crippen LogP contribution < -0.4 is 0 Å². The molecule has 1 heterocycles. The van der Waals surface area contributed by atoms with Crippen LogP contribution in [0.2, 0.25) is 0 Å². The second kappa shape index (κ2) is 4.71. The minimum Gasteiger partial charge on any atom is -0.379 e. The van der Waals surface area contributed by atoms with Crippen molar-refractivity contribution in [2.75, 3.05) is 26.3 Å². The fourth-order valence-electron chi connectivity index (χ4n) is 5.37. The van der Waals surface area contributed by atoms with E-state index in [-0.39, 0.29) is 12.4 Å². The Morgan fingerprint density at radius 2 is 1.29 bits per heavy atom. The summed E-state index contributed by atoms with van der Waals surface area (Å²) in [7, 11) is 0. The molecular formula is C14H24ClNO. The minimum atomic E-state index is 0. The molecule has 3 heteroatoms. The van der Waals surface area contributed by atoms with Crippen LogP contribution in [0.25, 0.3) is 0 Å². The molecule has 5 aliphatic rings. The maximum Gasteiger partial charge on any atom is 0.0594 e. The number of hydrogen-bond donors (Lipinski definition) is 0. The molecule has 5 fully saturated rings. The SMILES string of the molecule is C1CN(C2C3CC4CC(C3)CC2C4)CCO1.Cl. The molecule has 0 aromatic heterocycles. The van der Waals surface area contributed by atoms with Crippen LogP contribution in [-0.2, 0) is 4.74 Å². The van der Waals surface area contributed by atoms with Crippen LogP contribution in [0.4, 0.5) is 0 Å². The van der Waals surface area contributed by atoms with E-state index in [1.165, 1.54) is 13.1 Å². The summed E-state index contributed by atoms with van der Waals surface area (Å²) in [4.78, 5) is 2.77. The summed E-state index contributed by atoms with van der Waals surface area (Å²) in [6.45, 7) is 4.35. The predicted octanol–water partition coefficient (Wildman–Crippen LogP) is 2.57. The number of ether oxygens (including phenoxy) is 1. The summed E-state index contributed by atoms with van der Waals surface area (Å²) < 4.78 is 5.50. The normalized spacial score (nSPS) is 49.1. The van der Waals surface area contributed by atoms with Gasteiger partial charge in [-0.15, -0.1) is 12.4 Å². The number of morpholine rings is 1. The quantitative estimate of drug-likeness (QED) is 0.716. The van der Waals surface area contributed by atoms with Gasteiger partial charge in [0.2, 0.25) is 0 Å². The van der Waals surface area contributed by atoms with Crippen LogP contribution in [0.15, 0.2) is 0 Å². The van der Waals surface area contributed by atoms with Crippen LogP contribution >= 0.6 is 12.4 Å². The fraction of sp³-hybridized carbons (Fsp3) is 1.00.